The molecule has 2 rings (SSSR count). The van der Waals surface area contributed by atoms with Crippen LogP contribution in [0.4, 0.5) is 4.79 Å². The zero-order valence-electron chi connectivity index (χ0n) is 14.5. The molecule has 1 aromatic rings. The molecule has 136 valence electrons. The lowest BCUT2D eigenvalue weighted by atomic mass is 10.1. The number of carbonyl (C=O) groups excluding carboxylic acids is 3. The molecule has 1 fully saturated rings. The van der Waals surface area contributed by atoms with Gasteiger partial charge in [-0.25, -0.2) is 4.79 Å². The molecular formula is C17H24N4O4. The maximum atomic E-state index is 12.4. The van der Waals surface area contributed by atoms with Gasteiger partial charge >= 0.3 is 6.03 Å². The van der Waals surface area contributed by atoms with Crippen LogP contribution >= 0.6 is 0 Å². The Labute approximate surface area is 146 Å². The number of benzene rings is 1. The molecule has 8 heteroatoms. The summed E-state index contributed by atoms with van der Waals surface area (Å²) in [5.41, 5.74) is 5.87. The monoisotopic (exact) mass is 348 g/mol. The molecule has 1 aromatic carbocycles. The van der Waals surface area contributed by atoms with E-state index in [2.05, 4.69) is 5.32 Å². The Bertz CT molecular complexity index is 641. The van der Waals surface area contributed by atoms with Crippen LogP contribution < -0.4 is 15.8 Å². The molecule has 0 saturated carbocycles. The third-order valence-electron chi connectivity index (χ3n) is 4.33. The number of hydrogen-bond donors (Lipinski definition) is 2. The van der Waals surface area contributed by atoms with Crippen molar-refractivity contribution >= 4 is 17.8 Å². The molecular weight excluding hydrogens is 324 g/mol. The van der Waals surface area contributed by atoms with Crippen molar-refractivity contribution in [3.05, 3.63) is 29.8 Å². The van der Waals surface area contributed by atoms with Gasteiger partial charge in [-0.3, -0.25) is 19.8 Å². The molecule has 4 amide bonds. The van der Waals surface area contributed by atoms with Gasteiger partial charge in [-0.2, -0.15) is 0 Å². The predicted octanol–water partition coefficient (Wildman–Crippen LogP) is -0.0347. The standard InChI is InChI=1S/C17H24N4O4/c1-12(16(23)19-17(18)24)20-6-8-21(9-7-20)15(22)11-13-4-3-5-14(10-13)25-2/h3-5,10,12H,6-9,11H2,1-2H3,(H3,18,19,23,24)/t12-/m0/s1. The first-order valence-electron chi connectivity index (χ1n) is 8.15. The second-order valence-corrected chi connectivity index (χ2v) is 5.97. The number of primary amides is 1. The van der Waals surface area contributed by atoms with E-state index in [9.17, 15) is 14.4 Å². The summed E-state index contributed by atoms with van der Waals surface area (Å²) in [7, 11) is 1.59. The van der Waals surface area contributed by atoms with Gasteiger partial charge in [0.2, 0.25) is 11.8 Å². The fraction of sp³-hybridized carbons (Fsp3) is 0.471. The van der Waals surface area contributed by atoms with E-state index in [1.807, 2.05) is 29.2 Å². The Hall–Kier alpha value is -2.61. The van der Waals surface area contributed by atoms with Gasteiger partial charge in [0.05, 0.1) is 19.6 Å². The van der Waals surface area contributed by atoms with Gasteiger partial charge in [-0.1, -0.05) is 12.1 Å². The molecule has 1 saturated heterocycles. The van der Waals surface area contributed by atoms with Gasteiger partial charge < -0.3 is 15.4 Å². The average Bonchev–Trinajstić information content (AvgIpc) is 2.60. The zero-order chi connectivity index (χ0) is 18.4. The summed E-state index contributed by atoms with van der Waals surface area (Å²) in [6.07, 6.45) is 0.314. The molecule has 0 bridgehead atoms. The Kier molecular flexibility index (Phi) is 6.35. The molecule has 3 N–H and O–H groups in total. The van der Waals surface area contributed by atoms with Crippen molar-refractivity contribution < 1.29 is 19.1 Å². The summed E-state index contributed by atoms with van der Waals surface area (Å²) in [6, 6.07) is 6.12. The first kappa shape index (κ1) is 18.7. The Morgan fingerprint density at radius 2 is 1.92 bits per heavy atom. The SMILES string of the molecule is COc1cccc(CC(=O)N2CCN([C@@H](C)C(=O)NC(N)=O)CC2)c1. The van der Waals surface area contributed by atoms with Crippen molar-refractivity contribution in [3.63, 3.8) is 0 Å². The van der Waals surface area contributed by atoms with Gasteiger partial charge in [0, 0.05) is 26.2 Å². The molecule has 0 aromatic heterocycles. The smallest absolute Gasteiger partial charge is 0.318 e. The first-order chi connectivity index (χ1) is 11.9. The lowest BCUT2D eigenvalue weighted by Gasteiger charge is -2.37. The molecule has 0 radical (unpaired) electrons. The largest absolute Gasteiger partial charge is 0.497 e. The van der Waals surface area contributed by atoms with Crippen LogP contribution in [-0.2, 0) is 16.0 Å². The number of rotatable bonds is 5. The lowest BCUT2D eigenvalue weighted by Crippen LogP contribution is -2.56. The molecule has 1 aliphatic rings. The molecule has 0 unspecified atom stereocenters. The topological polar surface area (TPSA) is 105 Å². The highest BCUT2D eigenvalue weighted by Gasteiger charge is 2.27. The molecule has 1 heterocycles. The average molecular weight is 348 g/mol. The summed E-state index contributed by atoms with van der Waals surface area (Å²) < 4.78 is 5.17. The van der Waals surface area contributed by atoms with Crippen LogP contribution in [0.15, 0.2) is 24.3 Å². The number of amides is 4. The summed E-state index contributed by atoms with van der Waals surface area (Å²) in [5.74, 6) is 0.343. The van der Waals surface area contributed by atoms with Crippen LogP contribution in [0.5, 0.6) is 5.75 Å². The van der Waals surface area contributed by atoms with Crippen LogP contribution in [-0.4, -0.2) is 67.0 Å². The Balaban J connectivity index is 1.85. The zero-order valence-corrected chi connectivity index (χ0v) is 14.5. The Morgan fingerprint density at radius 3 is 2.52 bits per heavy atom. The third kappa shape index (κ3) is 5.18. The summed E-state index contributed by atoms with van der Waals surface area (Å²) in [5, 5.41) is 2.08. The van der Waals surface area contributed by atoms with Crippen molar-refractivity contribution in [2.75, 3.05) is 33.3 Å². The minimum atomic E-state index is -0.857. The Morgan fingerprint density at radius 1 is 1.24 bits per heavy atom. The van der Waals surface area contributed by atoms with Crippen LogP contribution in [0.25, 0.3) is 0 Å². The van der Waals surface area contributed by atoms with Gasteiger partial charge in [-0.15, -0.1) is 0 Å². The number of nitrogens with two attached hydrogens (primary N) is 1. The number of piperazine rings is 1. The van der Waals surface area contributed by atoms with Crippen LogP contribution in [0.1, 0.15) is 12.5 Å². The van der Waals surface area contributed by atoms with Gasteiger partial charge in [0.15, 0.2) is 0 Å². The predicted molar refractivity (Wildman–Crippen MR) is 92.0 cm³/mol. The van der Waals surface area contributed by atoms with E-state index in [0.717, 1.165) is 11.3 Å². The summed E-state index contributed by atoms with van der Waals surface area (Å²) >= 11 is 0. The minimum absolute atomic E-state index is 0.0437. The van der Waals surface area contributed by atoms with Gasteiger partial charge in [-0.05, 0) is 24.6 Å². The number of imide groups is 1. The number of ether oxygens (including phenoxy) is 1. The van der Waals surface area contributed by atoms with Gasteiger partial charge in [0.1, 0.15) is 5.75 Å². The van der Waals surface area contributed by atoms with Crippen LogP contribution in [0.3, 0.4) is 0 Å². The quantitative estimate of drug-likeness (QED) is 0.777. The van der Waals surface area contributed by atoms with E-state index >= 15 is 0 Å². The number of nitrogens with one attached hydrogen (secondary N) is 1. The number of hydrogen-bond acceptors (Lipinski definition) is 5. The fourth-order valence-corrected chi connectivity index (χ4v) is 2.82. The van der Waals surface area contributed by atoms with E-state index in [4.69, 9.17) is 10.5 Å². The number of methoxy groups -OCH3 is 1. The molecule has 0 spiro atoms. The summed E-state index contributed by atoms with van der Waals surface area (Å²) in [4.78, 5) is 38.8. The maximum Gasteiger partial charge on any atom is 0.318 e. The second-order valence-electron chi connectivity index (χ2n) is 5.97. The number of carbonyl (C=O) groups is 3. The van der Waals surface area contributed by atoms with Crippen molar-refractivity contribution in [2.24, 2.45) is 5.73 Å². The highest BCUT2D eigenvalue weighted by molar-refractivity contribution is 5.96. The van der Waals surface area contributed by atoms with E-state index in [1.165, 1.54) is 0 Å². The number of urea groups is 1. The lowest BCUT2D eigenvalue weighted by molar-refractivity contribution is -0.133. The molecule has 1 aliphatic heterocycles. The van der Waals surface area contributed by atoms with Crippen LogP contribution in [0.2, 0.25) is 0 Å². The van der Waals surface area contributed by atoms with E-state index in [-0.39, 0.29) is 5.91 Å². The highest BCUT2D eigenvalue weighted by Crippen LogP contribution is 2.15. The van der Waals surface area contributed by atoms with E-state index in [1.54, 1.807) is 18.9 Å². The van der Waals surface area contributed by atoms with Crippen molar-refractivity contribution in [1.82, 2.24) is 15.1 Å². The van der Waals surface area contributed by atoms with Crippen molar-refractivity contribution in [3.8, 4) is 5.75 Å². The maximum absolute atomic E-state index is 12.4. The van der Waals surface area contributed by atoms with Gasteiger partial charge in [0.25, 0.3) is 0 Å². The second kappa shape index (κ2) is 8.48. The van der Waals surface area contributed by atoms with E-state index in [0.29, 0.717) is 32.6 Å². The fourth-order valence-electron chi connectivity index (χ4n) is 2.82. The molecule has 0 aliphatic carbocycles. The molecule has 25 heavy (non-hydrogen) atoms. The van der Waals surface area contributed by atoms with E-state index < -0.39 is 18.0 Å². The first-order valence-corrected chi connectivity index (χ1v) is 8.15. The summed E-state index contributed by atoms with van der Waals surface area (Å²) in [6.45, 7) is 3.92. The normalized spacial score (nSPS) is 16.2. The molecule has 8 nitrogen and oxygen atoms in total. The minimum Gasteiger partial charge on any atom is -0.497 e. The van der Waals surface area contributed by atoms with Crippen molar-refractivity contribution in [2.45, 2.75) is 19.4 Å². The third-order valence-corrected chi connectivity index (χ3v) is 4.33. The van der Waals surface area contributed by atoms with Crippen LogP contribution in [0, 0.1) is 0 Å². The highest BCUT2D eigenvalue weighted by atomic mass is 16.5. The number of nitrogens with zero attached hydrogens (tertiary/aromatic N) is 2. The van der Waals surface area contributed by atoms with Crippen molar-refractivity contribution in [1.29, 1.82) is 0 Å². The molecule has 1 atom stereocenters.